The first kappa shape index (κ1) is 8.67. The van der Waals surface area contributed by atoms with Gasteiger partial charge >= 0.3 is 0 Å². The minimum absolute atomic E-state index is 0.514. The van der Waals surface area contributed by atoms with Crippen LogP contribution in [0.4, 0.5) is 0 Å². The first-order valence-corrected chi connectivity index (χ1v) is 3.79. The van der Waals surface area contributed by atoms with E-state index in [0.717, 1.165) is 12.1 Å². The van der Waals surface area contributed by atoms with Crippen molar-refractivity contribution in [2.45, 2.75) is 40.0 Å². The molecule has 0 spiro atoms. The minimum atomic E-state index is 0.514. The van der Waals surface area contributed by atoms with E-state index in [-0.39, 0.29) is 0 Å². The lowest BCUT2D eigenvalue weighted by Crippen LogP contribution is -2.07. The zero-order valence-corrected chi connectivity index (χ0v) is 6.70. The predicted molar refractivity (Wildman–Crippen MR) is 42.1 cm³/mol. The molecule has 1 heteroatoms. The van der Waals surface area contributed by atoms with Crippen LogP contribution in [0.15, 0.2) is 0 Å². The lowest BCUT2D eigenvalue weighted by atomic mass is 9.99. The second-order valence-corrected chi connectivity index (χ2v) is 2.57. The minimum Gasteiger partial charge on any atom is -0.309 e. The largest absolute Gasteiger partial charge is 0.309 e. The van der Waals surface area contributed by atoms with Gasteiger partial charge in [-0.15, -0.1) is 0 Å². The van der Waals surface area contributed by atoms with E-state index in [9.17, 15) is 0 Å². The summed E-state index contributed by atoms with van der Waals surface area (Å²) in [5, 5.41) is 7.45. The third-order valence-electron chi connectivity index (χ3n) is 1.70. The van der Waals surface area contributed by atoms with Crippen molar-refractivity contribution in [2.75, 3.05) is 0 Å². The Morgan fingerprint density at radius 1 is 1.44 bits per heavy atom. The highest BCUT2D eigenvalue weighted by Gasteiger charge is 2.03. The summed E-state index contributed by atoms with van der Waals surface area (Å²) in [5.41, 5.74) is 0.900. The summed E-state index contributed by atoms with van der Waals surface area (Å²) in [7, 11) is 0. The zero-order chi connectivity index (χ0) is 7.28. The topological polar surface area (TPSA) is 23.9 Å². The summed E-state index contributed by atoms with van der Waals surface area (Å²) < 4.78 is 0. The van der Waals surface area contributed by atoms with Crippen LogP contribution in [0.5, 0.6) is 0 Å². The van der Waals surface area contributed by atoms with E-state index in [1.165, 1.54) is 12.8 Å². The van der Waals surface area contributed by atoms with Crippen LogP contribution in [-0.4, -0.2) is 5.71 Å². The van der Waals surface area contributed by atoms with Crippen molar-refractivity contribution in [1.82, 2.24) is 0 Å². The van der Waals surface area contributed by atoms with Gasteiger partial charge in [-0.25, -0.2) is 0 Å². The van der Waals surface area contributed by atoms with Gasteiger partial charge in [0.25, 0.3) is 0 Å². The SMILES string of the molecule is CCCC(C)C(=N)CC. The Morgan fingerprint density at radius 2 is 2.00 bits per heavy atom. The van der Waals surface area contributed by atoms with Crippen LogP contribution in [0.1, 0.15) is 40.0 Å². The molecule has 0 fully saturated rings. The van der Waals surface area contributed by atoms with Crippen LogP contribution in [0.25, 0.3) is 0 Å². The summed E-state index contributed by atoms with van der Waals surface area (Å²) in [6.07, 6.45) is 3.29. The molecule has 0 aromatic carbocycles. The smallest absolute Gasteiger partial charge is 0.0114 e. The van der Waals surface area contributed by atoms with Gasteiger partial charge in [-0.3, -0.25) is 0 Å². The van der Waals surface area contributed by atoms with Gasteiger partial charge in [0.05, 0.1) is 0 Å². The van der Waals surface area contributed by atoms with E-state index in [1.54, 1.807) is 0 Å². The third-order valence-corrected chi connectivity index (χ3v) is 1.70. The van der Waals surface area contributed by atoms with Crippen molar-refractivity contribution < 1.29 is 0 Å². The molecule has 1 nitrogen and oxygen atoms in total. The lowest BCUT2D eigenvalue weighted by Gasteiger charge is -2.08. The van der Waals surface area contributed by atoms with Gasteiger partial charge < -0.3 is 5.41 Å². The van der Waals surface area contributed by atoms with Gasteiger partial charge in [0, 0.05) is 5.71 Å². The van der Waals surface area contributed by atoms with E-state index < -0.39 is 0 Å². The summed E-state index contributed by atoms with van der Waals surface area (Å²) >= 11 is 0. The van der Waals surface area contributed by atoms with E-state index in [4.69, 9.17) is 5.41 Å². The Bertz CT molecular complexity index is 86.6. The molecule has 1 atom stereocenters. The maximum atomic E-state index is 7.45. The van der Waals surface area contributed by atoms with Gasteiger partial charge in [0.2, 0.25) is 0 Å². The Kier molecular flexibility index (Phi) is 4.37. The Morgan fingerprint density at radius 3 is 2.33 bits per heavy atom. The molecule has 0 aliphatic carbocycles. The highest BCUT2D eigenvalue weighted by atomic mass is 14.4. The van der Waals surface area contributed by atoms with Crippen molar-refractivity contribution in [3.8, 4) is 0 Å². The molecule has 0 saturated heterocycles. The fraction of sp³-hybridized carbons (Fsp3) is 0.875. The second kappa shape index (κ2) is 4.54. The molecule has 0 radical (unpaired) electrons. The Labute approximate surface area is 58.0 Å². The van der Waals surface area contributed by atoms with E-state index >= 15 is 0 Å². The molecule has 0 rings (SSSR count). The summed E-state index contributed by atoms with van der Waals surface area (Å²) in [6, 6.07) is 0. The molecule has 0 aromatic heterocycles. The van der Waals surface area contributed by atoms with Crippen molar-refractivity contribution in [3.05, 3.63) is 0 Å². The van der Waals surface area contributed by atoms with E-state index in [0.29, 0.717) is 5.92 Å². The van der Waals surface area contributed by atoms with Crippen molar-refractivity contribution >= 4 is 5.71 Å². The zero-order valence-electron chi connectivity index (χ0n) is 6.70. The van der Waals surface area contributed by atoms with Crippen LogP contribution >= 0.6 is 0 Å². The first-order chi connectivity index (χ1) is 4.22. The normalized spacial score (nSPS) is 13.2. The van der Waals surface area contributed by atoms with Gasteiger partial charge in [-0.05, 0) is 18.8 Å². The summed E-state index contributed by atoms with van der Waals surface area (Å²) in [4.78, 5) is 0. The monoisotopic (exact) mass is 127 g/mol. The predicted octanol–water partition coefficient (Wildman–Crippen LogP) is 2.85. The molecule has 9 heavy (non-hydrogen) atoms. The molecular formula is C8H17N. The van der Waals surface area contributed by atoms with Gasteiger partial charge in [0.15, 0.2) is 0 Å². The molecule has 1 N–H and O–H groups in total. The standard InChI is InChI=1S/C8H17N/c1-4-6-7(3)8(9)5-2/h7,9H,4-6H2,1-3H3. The van der Waals surface area contributed by atoms with Crippen LogP contribution in [0, 0.1) is 11.3 Å². The first-order valence-electron chi connectivity index (χ1n) is 3.79. The third kappa shape index (κ3) is 3.28. The average Bonchev–Trinajstić information content (AvgIpc) is 1.87. The molecule has 0 aliphatic heterocycles. The molecule has 0 aliphatic rings. The molecular weight excluding hydrogens is 110 g/mol. The lowest BCUT2D eigenvalue weighted by molar-refractivity contribution is 0.654. The number of hydrogen-bond donors (Lipinski definition) is 1. The van der Waals surface area contributed by atoms with E-state index in [1.807, 2.05) is 0 Å². The molecule has 54 valence electrons. The summed E-state index contributed by atoms with van der Waals surface area (Å²) in [6.45, 7) is 6.35. The molecule has 0 amide bonds. The van der Waals surface area contributed by atoms with Crippen molar-refractivity contribution in [2.24, 2.45) is 5.92 Å². The molecule has 0 heterocycles. The summed E-state index contributed by atoms with van der Waals surface area (Å²) in [5.74, 6) is 0.514. The van der Waals surface area contributed by atoms with Crippen LogP contribution in [-0.2, 0) is 0 Å². The molecule has 1 unspecified atom stereocenters. The molecule has 0 bridgehead atoms. The van der Waals surface area contributed by atoms with Crippen LogP contribution < -0.4 is 0 Å². The Hall–Kier alpha value is -0.330. The number of hydrogen-bond acceptors (Lipinski definition) is 1. The fourth-order valence-electron chi connectivity index (χ4n) is 0.956. The maximum absolute atomic E-state index is 7.45. The van der Waals surface area contributed by atoms with E-state index in [2.05, 4.69) is 20.8 Å². The fourth-order valence-corrected chi connectivity index (χ4v) is 0.956. The number of nitrogens with one attached hydrogen (secondary N) is 1. The number of rotatable bonds is 4. The van der Waals surface area contributed by atoms with Crippen molar-refractivity contribution in [3.63, 3.8) is 0 Å². The van der Waals surface area contributed by atoms with Gasteiger partial charge in [-0.1, -0.05) is 27.2 Å². The quantitative estimate of drug-likeness (QED) is 0.561. The second-order valence-electron chi connectivity index (χ2n) is 2.57. The maximum Gasteiger partial charge on any atom is 0.0114 e. The van der Waals surface area contributed by atoms with Gasteiger partial charge in [0.1, 0.15) is 0 Å². The van der Waals surface area contributed by atoms with Gasteiger partial charge in [-0.2, -0.15) is 0 Å². The van der Waals surface area contributed by atoms with Crippen LogP contribution in [0.2, 0.25) is 0 Å². The highest BCUT2D eigenvalue weighted by molar-refractivity contribution is 5.83. The average molecular weight is 127 g/mol. The van der Waals surface area contributed by atoms with Crippen LogP contribution in [0.3, 0.4) is 0 Å². The molecule has 0 saturated carbocycles. The highest BCUT2D eigenvalue weighted by Crippen LogP contribution is 2.07. The Balaban J connectivity index is 3.45. The van der Waals surface area contributed by atoms with Crippen molar-refractivity contribution in [1.29, 1.82) is 5.41 Å². The molecule has 0 aromatic rings.